The molecule has 1 aliphatic heterocycles. The first-order valence-electron chi connectivity index (χ1n) is 9.58. The quantitative estimate of drug-likeness (QED) is 0.756. The Morgan fingerprint density at radius 2 is 1.59 bits per heavy atom. The number of rotatable bonds is 6. The van der Waals surface area contributed by atoms with Crippen LogP contribution >= 0.6 is 0 Å². The average molecular weight is 416 g/mol. The largest absolute Gasteiger partial charge is 0.326 e. The van der Waals surface area contributed by atoms with Gasteiger partial charge in [0, 0.05) is 30.9 Å². The number of nitrogens with zero attached hydrogens (tertiary/aromatic N) is 1. The van der Waals surface area contributed by atoms with Crippen LogP contribution in [-0.4, -0.2) is 49.7 Å². The molecule has 1 fully saturated rings. The molecular weight excluding hydrogens is 390 g/mol. The van der Waals surface area contributed by atoms with E-state index in [0.29, 0.717) is 30.9 Å². The smallest absolute Gasteiger partial charge is 0.246 e. The molecule has 2 amide bonds. The van der Waals surface area contributed by atoms with Crippen molar-refractivity contribution in [3.63, 3.8) is 0 Å². The van der Waals surface area contributed by atoms with E-state index in [2.05, 4.69) is 10.6 Å². The van der Waals surface area contributed by atoms with E-state index < -0.39 is 15.9 Å². The highest BCUT2D eigenvalue weighted by Crippen LogP contribution is 2.25. The van der Waals surface area contributed by atoms with Crippen molar-refractivity contribution < 1.29 is 18.0 Å². The number of amides is 2. The maximum atomic E-state index is 13.2. The fourth-order valence-corrected chi connectivity index (χ4v) is 4.51. The van der Waals surface area contributed by atoms with Crippen LogP contribution in [0.5, 0.6) is 0 Å². The van der Waals surface area contributed by atoms with Crippen molar-refractivity contribution in [3.8, 4) is 0 Å². The highest BCUT2D eigenvalue weighted by Gasteiger charge is 2.32. The van der Waals surface area contributed by atoms with Crippen molar-refractivity contribution in [2.45, 2.75) is 19.4 Å². The van der Waals surface area contributed by atoms with Crippen LogP contribution < -0.4 is 10.6 Å². The van der Waals surface area contributed by atoms with E-state index >= 15 is 0 Å². The lowest BCUT2D eigenvalue weighted by Gasteiger charge is -2.33. The number of anilines is 2. The molecule has 29 heavy (non-hydrogen) atoms. The van der Waals surface area contributed by atoms with Gasteiger partial charge in [-0.15, -0.1) is 0 Å². The Labute approximate surface area is 171 Å². The maximum absolute atomic E-state index is 13.2. The van der Waals surface area contributed by atoms with Crippen LogP contribution in [0.3, 0.4) is 0 Å². The van der Waals surface area contributed by atoms with E-state index in [0.717, 1.165) is 5.56 Å². The van der Waals surface area contributed by atoms with Crippen LogP contribution in [0.2, 0.25) is 0 Å². The van der Waals surface area contributed by atoms with Crippen molar-refractivity contribution in [3.05, 3.63) is 60.2 Å². The predicted octanol–water partition coefficient (Wildman–Crippen LogP) is 2.45. The minimum Gasteiger partial charge on any atom is -0.326 e. The second-order valence-electron chi connectivity index (χ2n) is 6.97. The van der Waals surface area contributed by atoms with Gasteiger partial charge in [0.15, 0.2) is 9.84 Å². The number of hydrogen-bond acceptors (Lipinski definition) is 5. The normalized spacial score (nSPS) is 17.3. The molecule has 0 spiro atoms. The number of hydrogen-bond donors (Lipinski definition) is 2. The molecule has 2 N–H and O–H groups in total. The third-order valence-corrected chi connectivity index (χ3v) is 6.45. The summed E-state index contributed by atoms with van der Waals surface area (Å²) in [4.78, 5) is 26.7. The summed E-state index contributed by atoms with van der Waals surface area (Å²) in [5, 5.41) is 5.68. The topological polar surface area (TPSA) is 95.6 Å². The van der Waals surface area contributed by atoms with Gasteiger partial charge < -0.3 is 10.6 Å². The molecule has 0 bridgehead atoms. The highest BCUT2D eigenvalue weighted by molar-refractivity contribution is 7.91. The lowest BCUT2D eigenvalue weighted by atomic mass is 10.0. The van der Waals surface area contributed by atoms with Gasteiger partial charge in [0.1, 0.15) is 6.04 Å². The van der Waals surface area contributed by atoms with E-state index in [1.807, 2.05) is 35.2 Å². The van der Waals surface area contributed by atoms with E-state index in [-0.39, 0.29) is 23.3 Å². The summed E-state index contributed by atoms with van der Waals surface area (Å²) in [5.74, 6) is -0.260. The van der Waals surface area contributed by atoms with Gasteiger partial charge in [-0.3, -0.25) is 14.5 Å². The van der Waals surface area contributed by atoms with Crippen molar-refractivity contribution >= 4 is 33.0 Å². The van der Waals surface area contributed by atoms with Gasteiger partial charge >= 0.3 is 0 Å². The van der Waals surface area contributed by atoms with Crippen LogP contribution in [0.25, 0.3) is 0 Å². The zero-order valence-electron chi connectivity index (χ0n) is 16.3. The molecule has 3 rings (SSSR count). The Hall–Kier alpha value is -2.71. The van der Waals surface area contributed by atoms with Gasteiger partial charge in [0.2, 0.25) is 11.8 Å². The summed E-state index contributed by atoms with van der Waals surface area (Å²) in [6, 6.07) is 15.7. The molecule has 1 saturated heterocycles. The molecular formula is C21H25N3O4S. The number of benzene rings is 2. The van der Waals surface area contributed by atoms with Crippen LogP contribution in [0, 0.1) is 0 Å². The molecule has 0 aliphatic carbocycles. The van der Waals surface area contributed by atoms with Crippen molar-refractivity contribution in [2.75, 3.05) is 35.2 Å². The molecule has 2 aromatic rings. The minimum absolute atomic E-state index is 0.0438. The molecule has 1 unspecified atom stereocenters. The molecule has 8 heteroatoms. The molecule has 1 heterocycles. The fourth-order valence-electron chi connectivity index (χ4n) is 3.28. The molecule has 7 nitrogen and oxygen atoms in total. The SMILES string of the molecule is CCC(=O)Nc1cccc(NC(=O)C(c2ccccc2)N2CCS(=O)(=O)CC2)c1. The number of nitrogens with one attached hydrogen (secondary N) is 2. The molecule has 1 aliphatic rings. The van der Waals surface area contributed by atoms with Crippen molar-refractivity contribution in [1.29, 1.82) is 0 Å². The van der Waals surface area contributed by atoms with Gasteiger partial charge in [0.25, 0.3) is 0 Å². The molecule has 2 aromatic carbocycles. The molecule has 1 atom stereocenters. The third-order valence-electron chi connectivity index (χ3n) is 4.84. The summed E-state index contributed by atoms with van der Waals surface area (Å²) in [6.07, 6.45) is 0.366. The average Bonchev–Trinajstić information content (AvgIpc) is 2.70. The first-order chi connectivity index (χ1) is 13.9. The monoisotopic (exact) mass is 415 g/mol. The van der Waals surface area contributed by atoms with Crippen molar-refractivity contribution in [2.24, 2.45) is 0 Å². The Kier molecular flexibility index (Phi) is 6.66. The highest BCUT2D eigenvalue weighted by atomic mass is 32.2. The molecule has 154 valence electrons. The number of carbonyl (C=O) groups is 2. The van der Waals surface area contributed by atoms with Gasteiger partial charge in [-0.1, -0.05) is 43.3 Å². The van der Waals surface area contributed by atoms with Gasteiger partial charge in [-0.25, -0.2) is 8.42 Å². The second kappa shape index (κ2) is 9.19. The Morgan fingerprint density at radius 1 is 0.966 bits per heavy atom. The molecule has 0 radical (unpaired) electrons. The summed E-state index contributed by atoms with van der Waals surface area (Å²) in [5.41, 5.74) is 1.98. The lowest BCUT2D eigenvalue weighted by molar-refractivity contribution is -0.121. The first kappa shape index (κ1) is 21.0. The van der Waals surface area contributed by atoms with Crippen molar-refractivity contribution in [1.82, 2.24) is 4.90 Å². The molecule has 0 saturated carbocycles. The van der Waals surface area contributed by atoms with Crippen LogP contribution in [-0.2, 0) is 19.4 Å². The van der Waals surface area contributed by atoms with Gasteiger partial charge in [-0.05, 0) is 23.8 Å². The summed E-state index contributed by atoms with van der Waals surface area (Å²) < 4.78 is 23.6. The lowest BCUT2D eigenvalue weighted by Crippen LogP contribution is -2.46. The Bertz CT molecular complexity index is 962. The Morgan fingerprint density at radius 3 is 2.21 bits per heavy atom. The van der Waals surface area contributed by atoms with Gasteiger partial charge in [-0.2, -0.15) is 0 Å². The first-order valence-corrected chi connectivity index (χ1v) is 11.4. The summed E-state index contributed by atoms with van der Waals surface area (Å²) in [7, 11) is -3.05. The minimum atomic E-state index is -3.05. The number of sulfone groups is 1. The van der Waals surface area contributed by atoms with E-state index in [9.17, 15) is 18.0 Å². The maximum Gasteiger partial charge on any atom is 0.246 e. The standard InChI is InChI=1S/C21H25N3O4S/c1-2-19(25)22-17-9-6-10-18(15-17)23-21(26)20(16-7-4-3-5-8-16)24-11-13-29(27,28)14-12-24/h3-10,15,20H,2,11-14H2,1H3,(H,22,25)(H,23,26). The fraction of sp³-hybridized carbons (Fsp3) is 0.333. The zero-order valence-corrected chi connectivity index (χ0v) is 17.1. The zero-order chi connectivity index (χ0) is 20.9. The predicted molar refractivity (Wildman–Crippen MR) is 113 cm³/mol. The summed E-state index contributed by atoms with van der Waals surface area (Å²) >= 11 is 0. The Balaban J connectivity index is 1.80. The van der Waals surface area contributed by atoms with E-state index in [1.54, 1.807) is 31.2 Å². The molecule has 0 aromatic heterocycles. The summed E-state index contributed by atoms with van der Waals surface area (Å²) in [6.45, 7) is 2.38. The van der Waals surface area contributed by atoms with Crippen LogP contribution in [0.1, 0.15) is 24.9 Å². The van der Waals surface area contributed by atoms with E-state index in [4.69, 9.17) is 0 Å². The number of carbonyl (C=O) groups excluding carboxylic acids is 2. The van der Waals surface area contributed by atoms with Gasteiger partial charge in [0.05, 0.1) is 11.5 Å². The second-order valence-corrected chi connectivity index (χ2v) is 9.28. The van der Waals surface area contributed by atoms with Crippen LogP contribution in [0.15, 0.2) is 54.6 Å². The van der Waals surface area contributed by atoms with E-state index in [1.165, 1.54) is 0 Å². The van der Waals surface area contributed by atoms with Crippen LogP contribution in [0.4, 0.5) is 11.4 Å². The third kappa shape index (κ3) is 5.65.